The molecular formula is C20H23ClO6. The number of carbonyl (C=O) groups excluding carboxylic acids is 2. The largest absolute Gasteiger partial charge is 0.507 e. The van der Waals surface area contributed by atoms with Crippen molar-refractivity contribution in [3.05, 3.63) is 46.5 Å². The van der Waals surface area contributed by atoms with Crippen LogP contribution in [-0.4, -0.2) is 39.3 Å². The molecule has 3 N–H and O–H groups in total. The van der Waals surface area contributed by atoms with E-state index in [0.717, 1.165) is 12.5 Å². The van der Waals surface area contributed by atoms with E-state index < -0.39 is 35.5 Å². The second-order valence-corrected chi connectivity index (χ2v) is 6.88. The number of carbonyl (C=O) groups is 2. The number of phenols is 2. The highest BCUT2D eigenvalue weighted by Gasteiger charge is 2.26. The molecule has 1 heterocycles. The molecule has 0 fully saturated rings. The van der Waals surface area contributed by atoms with Crippen molar-refractivity contribution in [3.63, 3.8) is 0 Å². The Kier molecular flexibility index (Phi) is 7.45. The molecule has 1 aromatic carbocycles. The highest BCUT2D eigenvalue weighted by molar-refractivity contribution is 6.33. The van der Waals surface area contributed by atoms with E-state index in [2.05, 4.69) is 0 Å². The number of Topliss-reactive ketones (excluding diaryl/α,β-unsaturated/α-hetero) is 1. The standard InChI is InChI=1S/C20H23ClO6/c1-12-7-5-3-2-4-6-8-13(22)9-14(23)10-15-18(20(26)27-12)16(24)11-17(25)19(15)21/h3,5-6,8,11-13,22,24-25H,2,4,7,9-10H2,1H3/b5-3+,8-6+/t12-,13+/m1/s1. The molecule has 0 saturated carbocycles. The molecule has 0 amide bonds. The quantitative estimate of drug-likeness (QED) is 0.460. The van der Waals surface area contributed by atoms with Gasteiger partial charge in [0, 0.05) is 30.9 Å². The summed E-state index contributed by atoms with van der Waals surface area (Å²) in [6, 6.07) is 0.938. The van der Waals surface area contributed by atoms with Crippen LogP contribution < -0.4 is 0 Å². The normalized spacial score (nSPS) is 24.7. The fourth-order valence-corrected chi connectivity index (χ4v) is 3.01. The molecule has 0 unspecified atom stereocenters. The zero-order valence-corrected chi connectivity index (χ0v) is 15.8. The van der Waals surface area contributed by atoms with Crippen LogP contribution in [0.2, 0.25) is 5.02 Å². The maximum absolute atomic E-state index is 12.5. The molecule has 1 aliphatic rings. The number of allylic oxidation sites excluding steroid dienone is 2. The topological polar surface area (TPSA) is 104 Å². The molecule has 7 heteroatoms. The summed E-state index contributed by atoms with van der Waals surface area (Å²) in [4.78, 5) is 24.9. The van der Waals surface area contributed by atoms with Crippen molar-refractivity contribution in [3.8, 4) is 11.5 Å². The van der Waals surface area contributed by atoms with E-state index in [1.165, 1.54) is 0 Å². The summed E-state index contributed by atoms with van der Waals surface area (Å²) in [5.74, 6) is -2.19. The van der Waals surface area contributed by atoms with Gasteiger partial charge in [-0.3, -0.25) is 4.79 Å². The van der Waals surface area contributed by atoms with Crippen LogP contribution in [0.1, 0.15) is 48.5 Å². The first-order chi connectivity index (χ1) is 12.8. The van der Waals surface area contributed by atoms with E-state index >= 15 is 0 Å². The highest BCUT2D eigenvalue weighted by Crippen LogP contribution is 2.37. The molecule has 146 valence electrons. The third kappa shape index (κ3) is 5.84. The van der Waals surface area contributed by atoms with Gasteiger partial charge in [0.15, 0.2) is 0 Å². The Bertz CT molecular complexity index is 768. The molecule has 1 aliphatic heterocycles. The minimum Gasteiger partial charge on any atom is -0.507 e. The van der Waals surface area contributed by atoms with E-state index in [0.29, 0.717) is 12.8 Å². The Morgan fingerprint density at radius 1 is 1.11 bits per heavy atom. The van der Waals surface area contributed by atoms with Crippen LogP contribution in [0.5, 0.6) is 11.5 Å². The van der Waals surface area contributed by atoms with Crippen molar-refractivity contribution in [2.75, 3.05) is 0 Å². The fraction of sp³-hybridized carbons (Fsp3) is 0.400. The number of hydrogen-bond acceptors (Lipinski definition) is 6. The van der Waals surface area contributed by atoms with Gasteiger partial charge in [0.1, 0.15) is 28.9 Å². The number of aromatic hydroxyl groups is 2. The first-order valence-electron chi connectivity index (χ1n) is 8.75. The molecular weight excluding hydrogens is 372 g/mol. The minimum absolute atomic E-state index is 0.0183. The number of esters is 1. The van der Waals surface area contributed by atoms with Gasteiger partial charge in [-0.1, -0.05) is 35.9 Å². The lowest BCUT2D eigenvalue weighted by Crippen LogP contribution is -2.19. The van der Waals surface area contributed by atoms with Crippen LogP contribution in [0.4, 0.5) is 0 Å². The molecule has 6 nitrogen and oxygen atoms in total. The van der Waals surface area contributed by atoms with Crippen LogP contribution in [0.25, 0.3) is 0 Å². The van der Waals surface area contributed by atoms with Gasteiger partial charge in [0.25, 0.3) is 0 Å². The smallest absolute Gasteiger partial charge is 0.342 e. The average molecular weight is 395 g/mol. The number of hydrogen-bond donors (Lipinski definition) is 3. The number of phenolic OH excluding ortho intramolecular Hbond substituents is 2. The van der Waals surface area contributed by atoms with Crippen molar-refractivity contribution in [1.29, 1.82) is 0 Å². The summed E-state index contributed by atoms with van der Waals surface area (Å²) in [6.07, 6.45) is 7.23. The van der Waals surface area contributed by atoms with Crippen LogP contribution in [0.3, 0.4) is 0 Å². The zero-order valence-electron chi connectivity index (χ0n) is 15.0. The Morgan fingerprint density at radius 2 is 1.81 bits per heavy atom. The first-order valence-corrected chi connectivity index (χ1v) is 9.13. The number of fused-ring (bicyclic) bond motifs is 1. The molecule has 0 radical (unpaired) electrons. The first kappa shape index (κ1) is 21.0. The molecule has 0 aliphatic carbocycles. The van der Waals surface area contributed by atoms with Gasteiger partial charge < -0.3 is 20.1 Å². The molecule has 2 atom stereocenters. The molecule has 0 bridgehead atoms. The van der Waals surface area contributed by atoms with Crippen molar-refractivity contribution < 1.29 is 29.6 Å². The second-order valence-electron chi connectivity index (χ2n) is 6.50. The molecule has 0 aromatic heterocycles. The minimum atomic E-state index is -0.963. The van der Waals surface area contributed by atoms with Crippen LogP contribution in [0, 0.1) is 0 Å². The van der Waals surface area contributed by atoms with Crippen molar-refractivity contribution >= 4 is 23.4 Å². The van der Waals surface area contributed by atoms with Gasteiger partial charge in [0.05, 0.1) is 11.1 Å². The van der Waals surface area contributed by atoms with Gasteiger partial charge in [-0.2, -0.15) is 0 Å². The Morgan fingerprint density at radius 3 is 2.56 bits per heavy atom. The third-order valence-electron chi connectivity index (χ3n) is 4.14. The molecule has 27 heavy (non-hydrogen) atoms. The predicted molar refractivity (Wildman–Crippen MR) is 101 cm³/mol. The number of rotatable bonds is 0. The lowest BCUT2D eigenvalue weighted by atomic mass is 9.98. The number of ketones is 1. The summed E-state index contributed by atoms with van der Waals surface area (Å²) in [7, 11) is 0. The zero-order chi connectivity index (χ0) is 20.0. The fourth-order valence-electron chi connectivity index (χ4n) is 2.79. The van der Waals surface area contributed by atoms with Gasteiger partial charge in [-0.05, 0) is 19.8 Å². The monoisotopic (exact) mass is 394 g/mol. The summed E-state index contributed by atoms with van der Waals surface area (Å²) >= 11 is 6.08. The van der Waals surface area contributed by atoms with Gasteiger partial charge in [-0.15, -0.1) is 0 Å². The average Bonchev–Trinajstić information content (AvgIpc) is 2.57. The van der Waals surface area contributed by atoms with Crippen molar-refractivity contribution in [2.24, 2.45) is 0 Å². The molecule has 0 spiro atoms. The van der Waals surface area contributed by atoms with Gasteiger partial charge in [-0.25, -0.2) is 4.79 Å². The van der Waals surface area contributed by atoms with Crippen LogP contribution >= 0.6 is 11.6 Å². The van der Waals surface area contributed by atoms with Crippen LogP contribution in [0.15, 0.2) is 30.4 Å². The molecule has 0 saturated heterocycles. The summed E-state index contributed by atoms with van der Waals surface area (Å²) in [6.45, 7) is 1.71. The Balaban J connectivity index is 2.42. The maximum Gasteiger partial charge on any atom is 0.342 e. The van der Waals surface area contributed by atoms with E-state index in [-0.39, 0.29) is 29.0 Å². The second kappa shape index (κ2) is 9.58. The third-order valence-corrected chi connectivity index (χ3v) is 4.56. The lowest BCUT2D eigenvalue weighted by molar-refractivity contribution is -0.119. The van der Waals surface area contributed by atoms with Gasteiger partial charge in [0.2, 0.25) is 0 Å². The summed E-state index contributed by atoms with van der Waals surface area (Å²) in [5.41, 5.74) is -0.269. The van der Waals surface area contributed by atoms with Crippen molar-refractivity contribution in [1.82, 2.24) is 0 Å². The number of benzene rings is 1. The number of cyclic esters (lactones) is 1. The number of ether oxygens (including phenoxy) is 1. The molecule has 1 aromatic rings. The van der Waals surface area contributed by atoms with E-state index in [9.17, 15) is 24.9 Å². The Labute approximate surface area is 162 Å². The van der Waals surface area contributed by atoms with E-state index in [1.807, 2.05) is 12.2 Å². The van der Waals surface area contributed by atoms with E-state index in [1.54, 1.807) is 19.1 Å². The predicted octanol–water partition coefficient (Wildman–Crippen LogP) is 3.46. The number of aliphatic hydroxyl groups excluding tert-OH is 1. The lowest BCUT2D eigenvalue weighted by Gasteiger charge is -2.17. The van der Waals surface area contributed by atoms with Crippen molar-refractivity contribution in [2.45, 2.75) is 51.2 Å². The Hall–Kier alpha value is -2.31. The van der Waals surface area contributed by atoms with E-state index in [4.69, 9.17) is 16.3 Å². The van der Waals surface area contributed by atoms with Crippen LogP contribution in [-0.2, 0) is 16.0 Å². The summed E-state index contributed by atoms with van der Waals surface area (Å²) < 4.78 is 5.34. The highest BCUT2D eigenvalue weighted by atomic mass is 35.5. The number of aliphatic hydroxyl groups is 1. The maximum atomic E-state index is 12.5. The number of halogens is 1. The van der Waals surface area contributed by atoms with Gasteiger partial charge >= 0.3 is 5.97 Å². The molecule has 2 rings (SSSR count). The summed E-state index contributed by atoms with van der Waals surface area (Å²) in [5, 5.41) is 29.7. The SMILES string of the molecule is C[C@@H]1C/C=C/CC/C=C/[C@H](O)CC(=O)Cc2c(Cl)c(O)cc(O)c2C(=O)O1.